The van der Waals surface area contributed by atoms with E-state index in [9.17, 15) is 4.79 Å². The normalized spacial score (nSPS) is 10.1. The Balaban J connectivity index is 2.37. The third-order valence-electron chi connectivity index (χ3n) is 2.14. The first-order chi connectivity index (χ1) is 7.68. The number of rotatable bonds is 2. The first-order valence-electron chi connectivity index (χ1n) is 4.63. The lowest BCUT2D eigenvalue weighted by molar-refractivity contribution is 0.209. The van der Waals surface area contributed by atoms with Gasteiger partial charge >= 0.3 is 6.09 Å². The molecule has 0 bridgehead atoms. The predicted molar refractivity (Wildman–Crippen MR) is 57.7 cm³/mol. The number of nitrogens with one attached hydrogen (secondary N) is 1. The Kier molecular flexibility index (Phi) is 2.55. The SMILES string of the molecule is Cc1c(NC(=O)O)cnn1-c1cccnc1. The maximum absolute atomic E-state index is 10.5. The predicted octanol–water partition coefficient (Wildman–Crippen LogP) is 1.67. The molecular weight excluding hydrogens is 208 g/mol. The van der Waals surface area contributed by atoms with Gasteiger partial charge in [0.25, 0.3) is 0 Å². The van der Waals surface area contributed by atoms with Crippen LogP contribution in [0.3, 0.4) is 0 Å². The van der Waals surface area contributed by atoms with E-state index in [-0.39, 0.29) is 0 Å². The summed E-state index contributed by atoms with van der Waals surface area (Å²) in [4.78, 5) is 14.5. The zero-order valence-corrected chi connectivity index (χ0v) is 8.58. The zero-order chi connectivity index (χ0) is 11.5. The number of pyridine rings is 1. The van der Waals surface area contributed by atoms with Gasteiger partial charge in [0.1, 0.15) is 0 Å². The van der Waals surface area contributed by atoms with Gasteiger partial charge in [0.05, 0.1) is 29.5 Å². The van der Waals surface area contributed by atoms with E-state index in [1.165, 1.54) is 6.20 Å². The standard InChI is InChI=1S/C10H10N4O2/c1-7-9(13-10(15)16)6-12-14(7)8-3-2-4-11-5-8/h2-6,13H,1H3,(H,15,16). The lowest BCUT2D eigenvalue weighted by atomic mass is 10.3. The number of anilines is 1. The van der Waals surface area contributed by atoms with Crippen molar-refractivity contribution in [2.24, 2.45) is 0 Å². The van der Waals surface area contributed by atoms with Gasteiger partial charge in [-0.05, 0) is 19.1 Å². The molecule has 0 aliphatic heterocycles. The smallest absolute Gasteiger partial charge is 0.409 e. The highest BCUT2D eigenvalue weighted by molar-refractivity contribution is 5.83. The van der Waals surface area contributed by atoms with Crippen LogP contribution in [-0.4, -0.2) is 26.0 Å². The Morgan fingerprint density at radius 3 is 2.94 bits per heavy atom. The average molecular weight is 218 g/mol. The quantitative estimate of drug-likeness (QED) is 0.803. The van der Waals surface area contributed by atoms with E-state index in [0.29, 0.717) is 5.69 Å². The van der Waals surface area contributed by atoms with Crippen molar-refractivity contribution >= 4 is 11.8 Å². The molecule has 2 aromatic rings. The maximum atomic E-state index is 10.5. The van der Waals surface area contributed by atoms with Crippen LogP contribution < -0.4 is 5.32 Å². The molecule has 2 N–H and O–H groups in total. The molecule has 0 fully saturated rings. The Morgan fingerprint density at radius 2 is 2.31 bits per heavy atom. The van der Waals surface area contributed by atoms with Gasteiger partial charge in [0, 0.05) is 6.20 Å². The van der Waals surface area contributed by atoms with E-state index in [0.717, 1.165) is 11.4 Å². The summed E-state index contributed by atoms with van der Waals surface area (Å²) in [6.45, 7) is 1.78. The molecule has 16 heavy (non-hydrogen) atoms. The maximum Gasteiger partial charge on any atom is 0.409 e. The van der Waals surface area contributed by atoms with Crippen molar-refractivity contribution < 1.29 is 9.90 Å². The molecular formula is C10H10N4O2. The van der Waals surface area contributed by atoms with Gasteiger partial charge in [-0.25, -0.2) is 9.48 Å². The van der Waals surface area contributed by atoms with Crippen LogP contribution in [0.15, 0.2) is 30.7 Å². The molecule has 0 aliphatic rings. The summed E-state index contributed by atoms with van der Waals surface area (Å²) in [7, 11) is 0. The summed E-state index contributed by atoms with van der Waals surface area (Å²) < 4.78 is 1.62. The minimum Gasteiger partial charge on any atom is -0.465 e. The largest absolute Gasteiger partial charge is 0.465 e. The fourth-order valence-electron chi connectivity index (χ4n) is 1.39. The van der Waals surface area contributed by atoms with Crippen LogP contribution >= 0.6 is 0 Å². The number of carboxylic acid groups (broad SMARTS) is 1. The highest BCUT2D eigenvalue weighted by Crippen LogP contribution is 2.17. The molecule has 0 aromatic carbocycles. The third kappa shape index (κ3) is 1.85. The van der Waals surface area contributed by atoms with E-state index < -0.39 is 6.09 Å². The van der Waals surface area contributed by atoms with Crippen molar-refractivity contribution in [1.29, 1.82) is 0 Å². The van der Waals surface area contributed by atoms with Crippen LogP contribution in [0.4, 0.5) is 10.5 Å². The van der Waals surface area contributed by atoms with Crippen molar-refractivity contribution in [3.63, 3.8) is 0 Å². The van der Waals surface area contributed by atoms with Crippen molar-refractivity contribution in [3.05, 3.63) is 36.4 Å². The average Bonchev–Trinajstić information content (AvgIpc) is 2.61. The summed E-state index contributed by atoms with van der Waals surface area (Å²) in [5.74, 6) is 0. The van der Waals surface area contributed by atoms with Crippen molar-refractivity contribution in [2.75, 3.05) is 5.32 Å². The number of carbonyl (C=O) groups is 1. The second-order valence-corrected chi connectivity index (χ2v) is 3.20. The molecule has 2 rings (SSSR count). The van der Waals surface area contributed by atoms with Crippen LogP contribution in [-0.2, 0) is 0 Å². The zero-order valence-electron chi connectivity index (χ0n) is 8.58. The van der Waals surface area contributed by atoms with E-state index in [4.69, 9.17) is 5.11 Å². The second-order valence-electron chi connectivity index (χ2n) is 3.20. The van der Waals surface area contributed by atoms with Gasteiger partial charge in [-0.2, -0.15) is 5.10 Å². The molecule has 0 saturated carbocycles. The Labute approximate surface area is 91.6 Å². The highest BCUT2D eigenvalue weighted by Gasteiger charge is 2.09. The van der Waals surface area contributed by atoms with Crippen LogP contribution in [0.2, 0.25) is 0 Å². The van der Waals surface area contributed by atoms with Gasteiger partial charge in [-0.15, -0.1) is 0 Å². The lowest BCUT2D eigenvalue weighted by Gasteiger charge is -2.04. The minimum atomic E-state index is -1.10. The molecule has 2 aromatic heterocycles. The van der Waals surface area contributed by atoms with E-state index in [2.05, 4.69) is 15.4 Å². The monoisotopic (exact) mass is 218 g/mol. The van der Waals surface area contributed by atoms with Crippen molar-refractivity contribution in [1.82, 2.24) is 14.8 Å². The summed E-state index contributed by atoms with van der Waals surface area (Å²) in [5, 5.41) is 15.0. The molecule has 0 aliphatic carbocycles. The molecule has 0 unspecified atom stereocenters. The summed E-state index contributed by atoms with van der Waals surface area (Å²) >= 11 is 0. The Hall–Kier alpha value is -2.37. The molecule has 0 radical (unpaired) electrons. The fourth-order valence-corrected chi connectivity index (χ4v) is 1.39. The first-order valence-corrected chi connectivity index (χ1v) is 4.63. The third-order valence-corrected chi connectivity index (χ3v) is 2.14. The Bertz CT molecular complexity index is 507. The van der Waals surface area contributed by atoms with Crippen LogP contribution in [0.25, 0.3) is 5.69 Å². The molecule has 2 heterocycles. The van der Waals surface area contributed by atoms with E-state index in [1.54, 1.807) is 30.1 Å². The molecule has 6 nitrogen and oxygen atoms in total. The summed E-state index contributed by atoms with van der Waals surface area (Å²) in [6, 6.07) is 3.64. The molecule has 0 spiro atoms. The molecule has 1 amide bonds. The Morgan fingerprint density at radius 1 is 1.50 bits per heavy atom. The highest BCUT2D eigenvalue weighted by atomic mass is 16.4. The van der Waals surface area contributed by atoms with Crippen LogP contribution in [0.5, 0.6) is 0 Å². The molecule has 82 valence electrons. The van der Waals surface area contributed by atoms with Gasteiger partial charge in [0.2, 0.25) is 0 Å². The number of aromatic nitrogens is 3. The lowest BCUT2D eigenvalue weighted by Crippen LogP contribution is -2.08. The second kappa shape index (κ2) is 4.01. The first kappa shape index (κ1) is 10.2. The summed E-state index contributed by atoms with van der Waals surface area (Å²) in [5.41, 5.74) is 1.98. The van der Waals surface area contributed by atoms with Gasteiger partial charge in [-0.3, -0.25) is 10.3 Å². The number of hydrogen-bond acceptors (Lipinski definition) is 3. The van der Waals surface area contributed by atoms with Crippen molar-refractivity contribution in [2.45, 2.75) is 6.92 Å². The molecule has 0 atom stereocenters. The topological polar surface area (TPSA) is 80.0 Å². The van der Waals surface area contributed by atoms with E-state index in [1.807, 2.05) is 6.07 Å². The van der Waals surface area contributed by atoms with Gasteiger partial charge in [-0.1, -0.05) is 0 Å². The molecule has 6 heteroatoms. The number of nitrogens with zero attached hydrogens (tertiary/aromatic N) is 3. The fraction of sp³-hybridized carbons (Fsp3) is 0.100. The summed E-state index contributed by atoms with van der Waals surface area (Å²) in [6.07, 6.45) is 3.69. The van der Waals surface area contributed by atoms with E-state index >= 15 is 0 Å². The van der Waals surface area contributed by atoms with Crippen LogP contribution in [0, 0.1) is 6.92 Å². The van der Waals surface area contributed by atoms with Gasteiger partial charge < -0.3 is 5.11 Å². The number of hydrogen-bond donors (Lipinski definition) is 2. The molecule has 0 saturated heterocycles. The van der Waals surface area contributed by atoms with Crippen molar-refractivity contribution in [3.8, 4) is 5.69 Å². The van der Waals surface area contributed by atoms with Gasteiger partial charge in [0.15, 0.2) is 0 Å². The minimum absolute atomic E-state index is 0.469. The van der Waals surface area contributed by atoms with Crippen LogP contribution in [0.1, 0.15) is 5.69 Å². The number of amides is 1.